The van der Waals surface area contributed by atoms with Crippen molar-refractivity contribution in [2.24, 2.45) is 0 Å². The third kappa shape index (κ3) is 2.12. The Balaban J connectivity index is 2.80. The first-order valence-corrected chi connectivity index (χ1v) is 4.91. The predicted octanol–water partition coefficient (Wildman–Crippen LogP) is 1.65. The van der Waals surface area contributed by atoms with E-state index in [1.165, 1.54) is 4.90 Å². The fraction of sp³-hybridized carbons (Fsp3) is 0.545. The zero-order chi connectivity index (χ0) is 10.6. The van der Waals surface area contributed by atoms with Gasteiger partial charge >= 0.3 is 0 Å². The molecule has 0 bridgehead atoms. The highest BCUT2D eigenvalue weighted by atomic mass is 16.2. The molecule has 1 rings (SSSR count). The van der Waals surface area contributed by atoms with Gasteiger partial charge in [0.15, 0.2) is 0 Å². The zero-order valence-corrected chi connectivity index (χ0v) is 8.45. The van der Waals surface area contributed by atoms with Crippen molar-refractivity contribution in [3.8, 4) is 0 Å². The Morgan fingerprint density at radius 3 is 2.50 bits per heavy atom. The molecule has 0 radical (unpaired) electrons. The topological polar surface area (TPSA) is 37.4 Å². The van der Waals surface area contributed by atoms with E-state index in [2.05, 4.69) is 12.3 Å². The number of likely N-dealkylation sites (tertiary alicyclic amines) is 1. The van der Waals surface area contributed by atoms with E-state index in [1.807, 2.05) is 6.92 Å². The molecule has 0 aromatic carbocycles. The highest BCUT2D eigenvalue weighted by Gasteiger charge is 2.33. The van der Waals surface area contributed by atoms with E-state index in [0.717, 1.165) is 12.8 Å². The van der Waals surface area contributed by atoms with Crippen LogP contribution in [0.4, 0.5) is 0 Å². The molecular formula is C11H15NO2. The summed E-state index contributed by atoms with van der Waals surface area (Å²) in [4.78, 5) is 24.2. The molecule has 0 aromatic rings. The molecule has 1 saturated heterocycles. The summed E-state index contributed by atoms with van der Waals surface area (Å²) in [6.45, 7) is 5.50. The van der Waals surface area contributed by atoms with Crippen LogP contribution in [0, 0.1) is 0 Å². The molecule has 1 fully saturated rings. The first-order valence-electron chi connectivity index (χ1n) is 4.91. The highest BCUT2D eigenvalue weighted by molar-refractivity contribution is 6.02. The summed E-state index contributed by atoms with van der Waals surface area (Å²) in [5.41, 5.74) is 2.65. The van der Waals surface area contributed by atoms with Crippen molar-refractivity contribution in [1.29, 1.82) is 0 Å². The van der Waals surface area contributed by atoms with Crippen LogP contribution in [0.15, 0.2) is 18.4 Å². The molecule has 2 amide bonds. The predicted molar refractivity (Wildman–Crippen MR) is 53.5 cm³/mol. The maximum atomic E-state index is 11.4. The highest BCUT2D eigenvalue weighted by Crippen LogP contribution is 2.18. The van der Waals surface area contributed by atoms with E-state index in [9.17, 15) is 9.59 Å². The van der Waals surface area contributed by atoms with Crippen LogP contribution in [0.2, 0.25) is 0 Å². The number of hydrogen-bond acceptors (Lipinski definition) is 2. The maximum absolute atomic E-state index is 11.4. The molecule has 1 aliphatic heterocycles. The maximum Gasteiger partial charge on any atom is 0.230 e. The number of amides is 2. The van der Waals surface area contributed by atoms with Gasteiger partial charge in [-0.15, -0.1) is 5.73 Å². The fourth-order valence-corrected chi connectivity index (χ4v) is 1.68. The number of carbonyl (C=O) groups is 2. The van der Waals surface area contributed by atoms with Gasteiger partial charge in [0.05, 0.1) is 6.04 Å². The molecule has 0 saturated carbocycles. The lowest BCUT2D eigenvalue weighted by Gasteiger charge is -2.22. The molecule has 3 heteroatoms. The van der Waals surface area contributed by atoms with E-state index in [0.29, 0.717) is 12.8 Å². The molecule has 1 unspecified atom stereocenters. The monoisotopic (exact) mass is 193 g/mol. The van der Waals surface area contributed by atoms with Crippen LogP contribution >= 0.6 is 0 Å². The minimum atomic E-state index is -0.139. The summed E-state index contributed by atoms with van der Waals surface area (Å²) in [6, 6.07) is -0.139. The summed E-state index contributed by atoms with van der Waals surface area (Å²) in [6.07, 6.45) is 4.12. The van der Waals surface area contributed by atoms with Gasteiger partial charge in [-0.05, 0) is 12.5 Å². The van der Waals surface area contributed by atoms with E-state index in [1.54, 1.807) is 6.08 Å². The van der Waals surface area contributed by atoms with Crippen LogP contribution in [0.5, 0.6) is 0 Å². The first kappa shape index (κ1) is 10.7. The minimum absolute atomic E-state index is 0.0695. The third-order valence-corrected chi connectivity index (χ3v) is 2.32. The number of imide groups is 1. The lowest BCUT2D eigenvalue weighted by Crippen LogP contribution is -2.38. The smallest absolute Gasteiger partial charge is 0.230 e. The van der Waals surface area contributed by atoms with Gasteiger partial charge in [-0.1, -0.05) is 19.9 Å². The number of nitrogens with zero attached hydrogens (tertiary/aromatic N) is 1. The van der Waals surface area contributed by atoms with Crippen molar-refractivity contribution in [1.82, 2.24) is 4.90 Å². The summed E-state index contributed by atoms with van der Waals surface area (Å²) in [5, 5.41) is 0. The average Bonchev–Trinajstić information content (AvgIpc) is 2.46. The Labute approximate surface area is 84.1 Å². The second-order valence-electron chi connectivity index (χ2n) is 3.38. The Kier molecular flexibility index (Phi) is 3.66. The molecule has 14 heavy (non-hydrogen) atoms. The van der Waals surface area contributed by atoms with Crippen LogP contribution in [0.25, 0.3) is 0 Å². The van der Waals surface area contributed by atoms with Crippen molar-refractivity contribution >= 4 is 11.8 Å². The average molecular weight is 193 g/mol. The molecule has 1 atom stereocenters. The quantitative estimate of drug-likeness (QED) is 0.503. The van der Waals surface area contributed by atoms with Gasteiger partial charge in [0, 0.05) is 12.8 Å². The van der Waals surface area contributed by atoms with Gasteiger partial charge in [-0.2, -0.15) is 0 Å². The van der Waals surface area contributed by atoms with Crippen molar-refractivity contribution < 1.29 is 9.59 Å². The second kappa shape index (κ2) is 4.77. The van der Waals surface area contributed by atoms with Gasteiger partial charge in [0.25, 0.3) is 0 Å². The van der Waals surface area contributed by atoms with Crippen molar-refractivity contribution in [3.05, 3.63) is 18.4 Å². The molecular weight excluding hydrogens is 178 g/mol. The van der Waals surface area contributed by atoms with Crippen LogP contribution in [-0.4, -0.2) is 22.8 Å². The first-order chi connectivity index (χ1) is 6.70. The molecule has 1 aliphatic rings. The van der Waals surface area contributed by atoms with E-state index < -0.39 is 0 Å². The van der Waals surface area contributed by atoms with Gasteiger partial charge in [-0.25, -0.2) is 0 Å². The molecule has 0 N–H and O–H groups in total. The molecule has 3 nitrogen and oxygen atoms in total. The summed E-state index contributed by atoms with van der Waals surface area (Å²) in [5.74, 6) is -0.139. The van der Waals surface area contributed by atoms with Crippen molar-refractivity contribution in [3.63, 3.8) is 0 Å². The SMILES string of the molecule is C=C=CC(CCC)N1C(=O)CCC1=O. The minimum Gasteiger partial charge on any atom is -0.275 e. The molecule has 0 spiro atoms. The van der Waals surface area contributed by atoms with Gasteiger partial charge in [0.1, 0.15) is 0 Å². The number of rotatable bonds is 4. The normalized spacial score (nSPS) is 18.2. The molecule has 0 aromatic heterocycles. The van der Waals surface area contributed by atoms with Crippen LogP contribution in [0.1, 0.15) is 32.6 Å². The number of carbonyl (C=O) groups excluding carboxylic acids is 2. The molecule has 1 heterocycles. The Hall–Kier alpha value is -1.34. The summed E-state index contributed by atoms with van der Waals surface area (Å²) in [7, 11) is 0. The molecule has 0 aliphatic carbocycles. The lowest BCUT2D eigenvalue weighted by atomic mass is 10.1. The fourth-order valence-electron chi connectivity index (χ4n) is 1.68. The van der Waals surface area contributed by atoms with Crippen LogP contribution in [0.3, 0.4) is 0 Å². The van der Waals surface area contributed by atoms with E-state index >= 15 is 0 Å². The largest absolute Gasteiger partial charge is 0.275 e. The second-order valence-corrected chi connectivity index (χ2v) is 3.38. The Bertz CT molecular complexity index is 274. The van der Waals surface area contributed by atoms with Crippen molar-refractivity contribution in [2.45, 2.75) is 38.6 Å². The molecule has 76 valence electrons. The Morgan fingerprint density at radius 1 is 1.50 bits per heavy atom. The third-order valence-electron chi connectivity index (χ3n) is 2.32. The van der Waals surface area contributed by atoms with Crippen molar-refractivity contribution in [2.75, 3.05) is 0 Å². The Morgan fingerprint density at radius 2 is 2.07 bits per heavy atom. The standard InChI is InChI=1S/C11H15NO2/c1-3-5-9(6-4-2)12-10(13)7-8-11(12)14/h5,9H,1,4,6-8H2,2H3. The van der Waals surface area contributed by atoms with Gasteiger partial charge < -0.3 is 0 Å². The van der Waals surface area contributed by atoms with Gasteiger partial charge in [-0.3, -0.25) is 14.5 Å². The lowest BCUT2D eigenvalue weighted by molar-refractivity contribution is -0.140. The zero-order valence-electron chi connectivity index (χ0n) is 8.45. The van der Waals surface area contributed by atoms with E-state index in [4.69, 9.17) is 0 Å². The number of hydrogen-bond donors (Lipinski definition) is 0. The van der Waals surface area contributed by atoms with Gasteiger partial charge in [0.2, 0.25) is 11.8 Å². The van der Waals surface area contributed by atoms with E-state index in [-0.39, 0.29) is 17.9 Å². The summed E-state index contributed by atoms with van der Waals surface area (Å²) < 4.78 is 0. The van der Waals surface area contributed by atoms with Crippen LogP contribution in [-0.2, 0) is 9.59 Å². The van der Waals surface area contributed by atoms with Crippen LogP contribution < -0.4 is 0 Å². The summed E-state index contributed by atoms with van der Waals surface area (Å²) >= 11 is 0.